The van der Waals surface area contributed by atoms with Crippen molar-refractivity contribution in [1.29, 1.82) is 0 Å². The molecule has 21 heavy (non-hydrogen) atoms. The van der Waals surface area contributed by atoms with Crippen molar-refractivity contribution in [1.82, 2.24) is 0 Å². The fraction of sp³-hybridized carbons (Fsp3) is 0.143. The van der Waals surface area contributed by atoms with E-state index in [2.05, 4.69) is 0 Å². The Kier molecular flexibility index (Phi) is 4.23. The third-order valence-electron chi connectivity index (χ3n) is 2.93. The monoisotopic (exact) mass is 307 g/mol. The molecule has 0 aromatic heterocycles. The lowest BCUT2D eigenvalue weighted by Crippen LogP contribution is -2.07. The zero-order chi connectivity index (χ0) is 15.5. The summed E-state index contributed by atoms with van der Waals surface area (Å²) in [7, 11) is -2.35. The fourth-order valence-electron chi connectivity index (χ4n) is 1.97. The molecule has 0 aliphatic rings. The van der Waals surface area contributed by atoms with Gasteiger partial charge < -0.3 is 4.74 Å². The lowest BCUT2D eigenvalue weighted by Gasteiger charge is -2.08. The average molecular weight is 307 g/mol. The van der Waals surface area contributed by atoms with Crippen LogP contribution in [0.2, 0.25) is 0 Å². The first-order chi connectivity index (χ1) is 9.95. The predicted molar refractivity (Wildman–Crippen MR) is 77.0 cm³/mol. The molecule has 2 aromatic rings. The van der Waals surface area contributed by atoms with Crippen LogP contribution in [0.5, 0.6) is 5.75 Å². The highest BCUT2D eigenvalue weighted by atomic mass is 32.2. The number of methoxy groups -OCH3 is 1. The third kappa shape index (κ3) is 3.19. The molecular weight excluding hydrogens is 294 g/mol. The van der Waals surface area contributed by atoms with E-state index in [1.165, 1.54) is 37.4 Å². The smallest absolute Gasteiger partial charge is 0.315 e. The zero-order valence-corrected chi connectivity index (χ0v) is 12.0. The maximum absolute atomic E-state index is 12.3. The van der Waals surface area contributed by atoms with E-state index in [4.69, 9.17) is 4.74 Å². The first-order valence-corrected chi connectivity index (χ1v) is 7.69. The zero-order valence-electron chi connectivity index (χ0n) is 11.2. The highest BCUT2D eigenvalue weighted by molar-refractivity contribution is 7.90. The molecular formula is C14H13NO5S. The molecule has 2 rings (SSSR count). The van der Waals surface area contributed by atoms with Crippen LogP contribution in [0.4, 0.5) is 5.69 Å². The number of hydrogen-bond acceptors (Lipinski definition) is 5. The molecule has 0 radical (unpaired) electrons. The van der Waals surface area contributed by atoms with Crippen LogP contribution >= 0.6 is 0 Å². The summed E-state index contributed by atoms with van der Waals surface area (Å²) in [4.78, 5) is 10.7. The first-order valence-electron chi connectivity index (χ1n) is 6.04. The fourth-order valence-corrected chi connectivity index (χ4v) is 3.35. The molecule has 0 atom stereocenters. The Bertz CT molecular complexity index is 756. The summed E-state index contributed by atoms with van der Waals surface area (Å²) in [5.74, 6) is -0.411. The second kappa shape index (κ2) is 5.92. The van der Waals surface area contributed by atoms with Gasteiger partial charge in [-0.2, -0.15) is 0 Å². The van der Waals surface area contributed by atoms with Gasteiger partial charge in [0.2, 0.25) is 0 Å². The SMILES string of the molecule is COc1cccc(CS(=O)(=O)c2ccccc2)c1[N+](=O)[O-]. The number of sulfone groups is 1. The van der Waals surface area contributed by atoms with Crippen LogP contribution in [-0.4, -0.2) is 20.5 Å². The van der Waals surface area contributed by atoms with Crippen molar-refractivity contribution in [2.24, 2.45) is 0 Å². The van der Waals surface area contributed by atoms with Crippen LogP contribution in [0.1, 0.15) is 5.56 Å². The minimum Gasteiger partial charge on any atom is -0.490 e. The third-order valence-corrected chi connectivity index (χ3v) is 4.61. The Balaban J connectivity index is 2.47. The molecule has 2 aromatic carbocycles. The van der Waals surface area contributed by atoms with Gasteiger partial charge in [-0.15, -0.1) is 0 Å². The number of nitrogens with zero attached hydrogens (tertiary/aromatic N) is 1. The number of nitro groups is 1. The number of nitro benzene ring substituents is 1. The quantitative estimate of drug-likeness (QED) is 0.626. The molecule has 0 amide bonds. The Morgan fingerprint density at radius 2 is 1.76 bits per heavy atom. The maximum atomic E-state index is 12.3. The summed E-state index contributed by atoms with van der Waals surface area (Å²) in [5.41, 5.74) is -0.220. The normalized spacial score (nSPS) is 11.1. The van der Waals surface area contributed by atoms with Crippen LogP contribution in [0.3, 0.4) is 0 Å². The van der Waals surface area contributed by atoms with Gasteiger partial charge in [-0.05, 0) is 18.2 Å². The van der Waals surface area contributed by atoms with Gasteiger partial charge in [0.25, 0.3) is 0 Å². The number of hydrogen-bond donors (Lipinski definition) is 0. The van der Waals surface area contributed by atoms with Gasteiger partial charge in [-0.1, -0.05) is 30.3 Å². The van der Waals surface area contributed by atoms with Crippen molar-refractivity contribution < 1.29 is 18.1 Å². The highest BCUT2D eigenvalue weighted by Gasteiger charge is 2.25. The van der Waals surface area contributed by atoms with Crippen LogP contribution in [-0.2, 0) is 15.6 Å². The molecule has 110 valence electrons. The lowest BCUT2D eigenvalue weighted by molar-refractivity contribution is -0.386. The highest BCUT2D eigenvalue weighted by Crippen LogP contribution is 2.32. The van der Waals surface area contributed by atoms with E-state index < -0.39 is 20.5 Å². The van der Waals surface area contributed by atoms with Crippen molar-refractivity contribution in [2.75, 3.05) is 7.11 Å². The molecule has 0 unspecified atom stereocenters. The summed E-state index contributed by atoms with van der Waals surface area (Å²) in [6.07, 6.45) is 0. The molecule has 6 nitrogen and oxygen atoms in total. The molecule has 0 saturated carbocycles. The van der Waals surface area contributed by atoms with Crippen molar-refractivity contribution in [3.63, 3.8) is 0 Å². The van der Waals surface area contributed by atoms with Crippen molar-refractivity contribution >= 4 is 15.5 Å². The van der Waals surface area contributed by atoms with E-state index in [9.17, 15) is 18.5 Å². The summed E-state index contributed by atoms with van der Waals surface area (Å²) in [6, 6.07) is 12.2. The average Bonchev–Trinajstić information content (AvgIpc) is 2.47. The standard InChI is InChI=1S/C14H13NO5S/c1-20-13-9-5-6-11(14(13)15(16)17)10-21(18,19)12-7-3-2-4-8-12/h2-9H,10H2,1H3. The summed E-state index contributed by atoms with van der Waals surface area (Å²) >= 11 is 0. The predicted octanol–water partition coefficient (Wildman–Crippen LogP) is 2.58. The Morgan fingerprint density at radius 1 is 1.10 bits per heavy atom. The first kappa shape index (κ1) is 15.0. The van der Waals surface area contributed by atoms with E-state index in [-0.39, 0.29) is 21.9 Å². The number of rotatable bonds is 5. The van der Waals surface area contributed by atoms with Crippen molar-refractivity contribution in [3.8, 4) is 5.75 Å². The van der Waals surface area contributed by atoms with Crippen LogP contribution < -0.4 is 4.74 Å². The second-order valence-electron chi connectivity index (χ2n) is 4.30. The van der Waals surface area contributed by atoms with Crippen LogP contribution in [0.25, 0.3) is 0 Å². The minimum atomic E-state index is -3.65. The van der Waals surface area contributed by atoms with E-state index in [0.717, 1.165) is 0 Å². The number of ether oxygens (including phenoxy) is 1. The van der Waals surface area contributed by atoms with E-state index >= 15 is 0 Å². The topological polar surface area (TPSA) is 86.5 Å². The minimum absolute atomic E-state index is 0.0424. The van der Waals surface area contributed by atoms with Gasteiger partial charge in [-0.3, -0.25) is 10.1 Å². The molecule has 0 aliphatic carbocycles. The second-order valence-corrected chi connectivity index (χ2v) is 6.29. The molecule has 0 N–H and O–H groups in total. The summed E-state index contributed by atoms with van der Waals surface area (Å²) in [5, 5.41) is 11.2. The summed E-state index contributed by atoms with van der Waals surface area (Å²) in [6.45, 7) is 0. The maximum Gasteiger partial charge on any atom is 0.315 e. The Hall–Kier alpha value is -2.41. The van der Waals surface area contributed by atoms with Gasteiger partial charge in [0.15, 0.2) is 15.6 Å². The molecule has 0 saturated heterocycles. The number of benzene rings is 2. The molecule has 0 spiro atoms. The Labute approximate surface area is 122 Å². The molecule has 7 heteroatoms. The lowest BCUT2D eigenvalue weighted by atomic mass is 10.2. The van der Waals surface area contributed by atoms with Gasteiger partial charge in [0, 0.05) is 5.56 Å². The molecule has 0 fully saturated rings. The van der Waals surface area contributed by atoms with Gasteiger partial charge in [0.05, 0.1) is 22.7 Å². The van der Waals surface area contributed by atoms with Crippen LogP contribution in [0.15, 0.2) is 53.4 Å². The van der Waals surface area contributed by atoms with Gasteiger partial charge in [0.1, 0.15) is 0 Å². The molecule has 0 bridgehead atoms. The summed E-state index contributed by atoms with van der Waals surface area (Å²) < 4.78 is 29.6. The number of para-hydroxylation sites is 1. The van der Waals surface area contributed by atoms with Gasteiger partial charge >= 0.3 is 5.69 Å². The van der Waals surface area contributed by atoms with Crippen LogP contribution in [0, 0.1) is 10.1 Å². The van der Waals surface area contributed by atoms with E-state index in [1.54, 1.807) is 18.2 Å². The molecule has 0 heterocycles. The largest absolute Gasteiger partial charge is 0.490 e. The Morgan fingerprint density at radius 3 is 2.33 bits per heavy atom. The van der Waals surface area contributed by atoms with Crippen molar-refractivity contribution in [3.05, 3.63) is 64.2 Å². The van der Waals surface area contributed by atoms with Gasteiger partial charge in [-0.25, -0.2) is 8.42 Å². The van der Waals surface area contributed by atoms with E-state index in [0.29, 0.717) is 0 Å². The van der Waals surface area contributed by atoms with Crippen molar-refractivity contribution in [2.45, 2.75) is 10.6 Å². The van der Waals surface area contributed by atoms with E-state index in [1.807, 2.05) is 0 Å². The molecule has 0 aliphatic heterocycles.